The Morgan fingerprint density at radius 2 is 0.754 bits per heavy atom. The van der Waals surface area contributed by atoms with E-state index in [-0.39, 0.29) is 0 Å². The lowest BCUT2D eigenvalue weighted by Gasteiger charge is -2.14. The van der Waals surface area contributed by atoms with E-state index in [2.05, 4.69) is 235 Å². The van der Waals surface area contributed by atoms with Crippen molar-refractivity contribution in [2.24, 2.45) is 0 Å². The Kier molecular flexibility index (Phi) is 8.53. The molecule has 0 saturated carbocycles. The maximum Gasteiger partial charge on any atom is 0.0979 e. The van der Waals surface area contributed by atoms with E-state index in [9.17, 15) is 0 Å². The van der Waals surface area contributed by atoms with E-state index in [1.807, 2.05) is 6.20 Å². The largest absolute Gasteiger partial charge is 0.309 e. The Labute approximate surface area is 376 Å². The highest BCUT2D eigenvalue weighted by atomic mass is 15.0. The van der Waals surface area contributed by atoms with Crippen molar-refractivity contribution in [2.45, 2.75) is 0 Å². The van der Waals surface area contributed by atoms with Gasteiger partial charge in [0.15, 0.2) is 0 Å². The number of hydrogen-bond acceptors (Lipinski definition) is 2. The number of aromatic nitrogens is 3. The van der Waals surface area contributed by atoms with Crippen LogP contribution in [0.4, 0.5) is 0 Å². The van der Waals surface area contributed by atoms with Crippen LogP contribution < -0.4 is 0 Å². The van der Waals surface area contributed by atoms with Gasteiger partial charge in [-0.2, -0.15) is 0 Å². The molecule has 302 valence electrons. The highest BCUT2D eigenvalue weighted by Gasteiger charge is 2.16. The van der Waals surface area contributed by atoms with Gasteiger partial charge in [0.25, 0.3) is 0 Å². The standard InChI is InChI=1S/C62H39N3/c1-2-15-47(16-3-1)65-59-24-11-10-21-54(59)55-34-33-45(38-60(55)65)41-27-31-43(32-28-41)49-36-35-48(50-17-4-5-18-51(49)50)42-29-25-40(26-30-42)44-13-12-14-46(37-44)58-39-63-61-56-22-8-6-19-52(56)53-20-7-9-23-57(53)62(61)64-58/h1-39H. The number of para-hydroxylation sites is 2. The Morgan fingerprint density at radius 1 is 0.277 bits per heavy atom. The van der Waals surface area contributed by atoms with Crippen LogP contribution in [0, 0.1) is 0 Å². The third-order valence-corrected chi connectivity index (χ3v) is 13.3. The summed E-state index contributed by atoms with van der Waals surface area (Å²) in [5.74, 6) is 0. The van der Waals surface area contributed by atoms with Gasteiger partial charge < -0.3 is 4.57 Å². The van der Waals surface area contributed by atoms with Crippen LogP contribution in [0.15, 0.2) is 237 Å². The molecule has 0 bridgehead atoms. The summed E-state index contributed by atoms with van der Waals surface area (Å²) in [6.07, 6.45) is 1.92. The summed E-state index contributed by atoms with van der Waals surface area (Å²) in [6.45, 7) is 0. The van der Waals surface area contributed by atoms with Crippen LogP contribution in [0.1, 0.15) is 0 Å². The Morgan fingerprint density at radius 3 is 1.40 bits per heavy atom. The Bertz CT molecular complexity index is 3940. The maximum absolute atomic E-state index is 5.25. The second-order valence-corrected chi connectivity index (χ2v) is 16.9. The molecule has 65 heavy (non-hydrogen) atoms. The van der Waals surface area contributed by atoms with E-state index in [0.717, 1.165) is 44.2 Å². The second-order valence-electron chi connectivity index (χ2n) is 16.9. The van der Waals surface area contributed by atoms with Gasteiger partial charge in [-0.15, -0.1) is 0 Å². The first kappa shape index (κ1) is 36.9. The highest BCUT2D eigenvalue weighted by molar-refractivity contribution is 6.23. The van der Waals surface area contributed by atoms with Crippen LogP contribution in [-0.4, -0.2) is 14.5 Å². The molecule has 3 nitrogen and oxygen atoms in total. The van der Waals surface area contributed by atoms with Gasteiger partial charge in [-0.25, -0.2) is 4.98 Å². The van der Waals surface area contributed by atoms with Gasteiger partial charge in [-0.3, -0.25) is 4.98 Å². The van der Waals surface area contributed by atoms with Gasteiger partial charge in [-0.05, 0) is 96.4 Å². The van der Waals surface area contributed by atoms with Crippen molar-refractivity contribution in [1.29, 1.82) is 0 Å². The summed E-state index contributed by atoms with van der Waals surface area (Å²) >= 11 is 0. The second kappa shape index (κ2) is 15.0. The van der Waals surface area contributed by atoms with Gasteiger partial charge in [0, 0.05) is 32.8 Å². The quantitative estimate of drug-likeness (QED) is 0.156. The van der Waals surface area contributed by atoms with Crippen LogP contribution in [0.25, 0.3) is 127 Å². The molecule has 0 unspecified atom stereocenters. The normalized spacial score (nSPS) is 11.7. The summed E-state index contributed by atoms with van der Waals surface area (Å²) in [6, 6.07) is 83.3. The lowest BCUT2D eigenvalue weighted by molar-refractivity contribution is 1.18. The van der Waals surface area contributed by atoms with Gasteiger partial charge >= 0.3 is 0 Å². The predicted molar refractivity (Wildman–Crippen MR) is 274 cm³/mol. The zero-order valence-corrected chi connectivity index (χ0v) is 35.4. The summed E-state index contributed by atoms with van der Waals surface area (Å²) in [7, 11) is 0. The molecule has 13 rings (SSSR count). The van der Waals surface area contributed by atoms with Crippen molar-refractivity contribution in [1.82, 2.24) is 14.5 Å². The molecule has 0 aliphatic heterocycles. The smallest absolute Gasteiger partial charge is 0.0979 e. The molecule has 0 amide bonds. The zero-order valence-electron chi connectivity index (χ0n) is 35.4. The van der Waals surface area contributed by atoms with E-state index < -0.39 is 0 Å². The molecule has 0 fully saturated rings. The first-order valence-corrected chi connectivity index (χ1v) is 22.2. The van der Waals surface area contributed by atoms with Gasteiger partial charge in [0.2, 0.25) is 0 Å². The molecular weight excluding hydrogens is 787 g/mol. The van der Waals surface area contributed by atoms with Crippen molar-refractivity contribution >= 4 is 65.2 Å². The van der Waals surface area contributed by atoms with E-state index >= 15 is 0 Å². The minimum atomic E-state index is 0.863. The van der Waals surface area contributed by atoms with Crippen LogP contribution in [0.3, 0.4) is 0 Å². The lowest BCUT2D eigenvalue weighted by atomic mass is 9.91. The molecule has 0 radical (unpaired) electrons. The van der Waals surface area contributed by atoms with Gasteiger partial charge in [0.05, 0.1) is 34.0 Å². The number of fused-ring (bicyclic) bond motifs is 10. The average Bonchev–Trinajstić information content (AvgIpc) is 3.72. The number of hydrogen-bond donors (Lipinski definition) is 0. The third-order valence-electron chi connectivity index (χ3n) is 13.3. The van der Waals surface area contributed by atoms with Crippen molar-refractivity contribution in [3.05, 3.63) is 237 Å². The fraction of sp³-hybridized carbons (Fsp3) is 0. The van der Waals surface area contributed by atoms with E-state index in [1.165, 1.54) is 82.4 Å². The van der Waals surface area contributed by atoms with Crippen LogP contribution in [0.5, 0.6) is 0 Å². The van der Waals surface area contributed by atoms with Crippen LogP contribution in [0.2, 0.25) is 0 Å². The molecule has 0 spiro atoms. The third kappa shape index (κ3) is 6.12. The molecule has 3 heteroatoms. The van der Waals surface area contributed by atoms with E-state index in [1.54, 1.807) is 0 Å². The molecule has 13 aromatic rings. The number of nitrogens with zero attached hydrogens (tertiary/aromatic N) is 3. The number of benzene rings is 11. The molecule has 0 atom stereocenters. The molecule has 0 N–H and O–H groups in total. The molecule has 2 heterocycles. The van der Waals surface area contributed by atoms with Crippen molar-refractivity contribution < 1.29 is 0 Å². The highest BCUT2D eigenvalue weighted by Crippen LogP contribution is 2.40. The number of rotatable bonds is 6. The average molecular weight is 826 g/mol. The molecule has 2 aromatic heterocycles. The fourth-order valence-corrected chi connectivity index (χ4v) is 10.1. The zero-order chi connectivity index (χ0) is 42.8. The summed E-state index contributed by atoms with van der Waals surface area (Å²) in [5, 5.41) is 9.64. The summed E-state index contributed by atoms with van der Waals surface area (Å²) in [4.78, 5) is 10.3. The van der Waals surface area contributed by atoms with Crippen LogP contribution >= 0.6 is 0 Å². The predicted octanol–water partition coefficient (Wildman–Crippen LogP) is 16.5. The van der Waals surface area contributed by atoms with Gasteiger partial charge in [0.1, 0.15) is 0 Å². The SMILES string of the molecule is c1ccc(-n2c3ccccc3c3ccc(-c4ccc(-c5ccc(-c6ccc(-c7cccc(-c8cnc9c%10ccccc%10c%10ccccc%10c9n8)c7)cc6)c6ccccc56)cc4)cc32)cc1. The molecule has 0 saturated heterocycles. The molecular formula is C62H39N3. The monoisotopic (exact) mass is 825 g/mol. The van der Waals surface area contributed by atoms with Crippen molar-refractivity contribution in [3.8, 4) is 61.5 Å². The summed E-state index contributed by atoms with van der Waals surface area (Å²) < 4.78 is 2.38. The first-order chi connectivity index (χ1) is 32.2. The minimum Gasteiger partial charge on any atom is -0.309 e. The van der Waals surface area contributed by atoms with E-state index in [0.29, 0.717) is 0 Å². The first-order valence-electron chi connectivity index (χ1n) is 22.2. The molecule has 0 aliphatic carbocycles. The minimum absolute atomic E-state index is 0.863. The van der Waals surface area contributed by atoms with E-state index in [4.69, 9.17) is 9.97 Å². The molecule has 0 aliphatic rings. The Hall–Kier alpha value is -8.66. The van der Waals surface area contributed by atoms with Crippen molar-refractivity contribution in [3.63, 3.8) is 0 Å². The maximum atomic E-state index is 5.25. The molecule has 11 aromatic carbocycles. The topological polar surface area (TPSA) is 30.7 Å². The van der Waals surface area contributed by atoms with Crippen molar-refractivity contribution in [2.75, 3.05) is 0 Å². The van der Waals surface area contributed by atoms with Gasteiger partial charge in [-0.1, -0.05) is 200 Å². The Balaban J connectivity index is 0.809. The summed E-state index contributed by atoms with van der Waals surface area (Å²) in [5.41, 5.74) is 16.9. The fourth-order valence-electron chi connectivity index (χ4n) is 10.1. The lowest BCUT2D eigenvalue weighted by Crippen LogP contribution is -1.93. The van der Waals surface area contributed by atoms with Crippen LogP contribution in [-0.2, 0) is 0 Å².